The van der Waals surface area contributed by atoms with Gasteiger partial charge < -0.3 is 15.5 Å². The van der Waals surface area contributed by atoms with Crippen LogP contribution >= 0.6 is 0 Å². The molecule has 1 aliphatic heterocycles. The summed E-state index contributed by atoms with van der Waals surface area (Å²) < 4.78 is 37.2. The van der Waals surface area contributed by atoms with Crippen LogP contribution in [0.4, 0.5) is 18.0 Å². The van der Waals surface area contributed by atoms with Gasteiger partial charge in [0.15, 0.2) is 0 Å². The van der Waals surface area contributed by atoms with Gasteiger partial charge in [-0.1, -0.05) is 24.3 Å². The highest BCUT2D eigenvalue weighted by Gasteiger charge is 2.34. The first kappa shape index (κ1) is 20.5. The molecule has 0 aliphatic carbocycles. The lowest BCUT2D eigenvalue weighted by molar-refractivity contribution is -0.143. The molecular formula is C18H27F3N4O. The van der Waals surface area contributed by atoms with Gasteiger partial charge in [0.05, 0.1) is 6.54 Å². The fraction of sp³-hybridized carbons (Fsp3) is 0.611. The quantitative estimate of drug-likeness (QED) is 0.773. The molecule has 1 aromatic rings. The minimum Gasteiger partial charge on any atom is -0.338 e. The van der Waals surface area contributed by atoms with Crippen LogP contribution in [0.2, 0.25) is 0 Å². The Morgan fingerprint density at radius 2 is 1.92 bits per heavy atom. The van der Waals surface area contributed by atoms with Gasteiger partial charge in [-0.25, -0.2) is 4.79 Å². The molecule has 0 aromatic heterocycles. The van der Waals surface area contributed by atoms with Crippen LogP contribution in [0.15, 0.2) is 24.3 Å². The fourth-order valence-electron chi connectivity index (χ4n) is 3.18. The van der Waals surface area contributed by atoms with Gasteiger partial charge in [-0.2, -0.15) is 13.2 Å². The van der Waals surface area contributed by atoms with E-state index in [-0.39, 0.29) is 11.9 Å². The van der Waals surface area contributed by atoms with E-state index in [1.807, 2.05) is 38.4 Å². The lowest BCUT2D eigenvalue weighted by Crippen LogP contribution is -2.39. The maximum absolute atomic E-state index is 12.4. The molecular weight excluding hydrogens is 345 g/mol. The second-order valence-electron chi connectivity index (χ2n) is 7.08. The Bertz CT molecular complexity index is 592. The number of nitrogens with zero attached hydrogens (tertiary/aromatic N) is 2. The molecule has 2 rings (SSSR count). The van der Waals surface area contributed by atoms with E-state index in [4.69, 9.17) is 0 Å². The zero-order valence-electron chi connectivity index (χ0n) is 15.3. The summed E-state index contributed by atoms with van der Waals surface area (Å²) >= 11 is 0. The van der Waals surface area contributed by atoms with Crippen molar-refractivity contribution in [1.82, 2.24) is 20.4 Å². The number of rotatable bonds is 7. The Hall–Kier alpha value is -1.80. The van der Waals surface area contributed by atoms with E-state index in [1.165, 1.54) is 4.90 Å². The summed E-state index contributed by atoms with van der Waals surface area (Å²) in [5.74, 6) is 0.0594. The molecule has 1 heterocycles. The zero-order valence-corrected chi connectivity index (χ0v) is 15.3. The average Bonchev–Trinajstić information content (AvgIpc) is 2.97. The van der Waals surface area contributed by atoms with E-state index in [9.17, 15) is 18.0 Å². The van der Waals surface area contributed by atoms with Crippen molar-refractivity contribution in [2.24, 2.45) is 5.92 Å². The number of carbonyl (C=O) groups is 1. The molecule has 1 aliphatic rings. The highest BCUT2D eigenvalue weighted by atomic mass is 19.4. The second-order valence-corrected chi connectivity index (χ2v) is 7.08. The molecule has 1 saturated heterocycles. The lowest BCUT2D eigenvalue weighted by atomic mass is 10.1. The van der Waals surface area contributed by atoms with E-state index in [0.717, 1.165) is 17.7 Å². The van der Waals surface area contributed by atoms with Crippen LogP contribution < -0.4 is 10.6 Å². The number of nitrogens with one attached hydrogen (secondary N) is 2. The maximum atomic E-state index is 12.4. The molecule has 146 valence electrons. The van der Waals surface area contributed by atoms with E-state index in [1.54, 1.807) is 0 Å². The number of halogens is 3. The summed E-state index contributed by atoms with van der Waals surface area (Å²) in [6.45, 7) is 1.51. The monoisotopic (exact) mass is 372 g/mol. The van der Waals surface area contributed by atoms with Crippen LogP contribution in [0, 0.1) is 5.92 Å². The van der Waals surface area contributed by atoms with Crippen LogP contribution in [-0.4, -0.2) is 62.3 Å². The Morgan fingerprint density at radius 3 is 2.58 bits per heavy atom. The Labute approximate surface area is 152 Å². The molecule has 26 heavy (non-hydrogen) atoms. The molecule has 8 heteroatoms. The number of hydrogen-bond donors (Lipinski definition) is 2. The Kier molecular flexibility index (Phi) is 7.28. The maximum Gasteiger partial charge on any atom is 0.401 e. The molecule has 0 spiro atoms. The first-order chi connectivity index (χ1) is 12.2. The normalized spacial score (nSPS) is 18.3. The SMILES string of the molecule is CN(C)Cc1ccccc1CNC(=O)NC[C@@H]1CCN(CC(F)(F)F)C1. The highest BCUT2D eigenvalue weighted by Crippen LogP contribution is 2.22. The first-order valence-electron chi connectivity index (χ1n) is 8.75. The predicted molar refractivity (Wildman–Crippen MR) is 94.7 cm³/mol. The molecule has 1 fully saturated rings. The van der Waals surface area contributed by atoms with Gasteiger partial charge in [0.1, 0.15) is 0 Å². The highest BCUT2D eigenvalue weighted by molar-refractivity contribution is 5.73. The molecule has 0 bridgehead atoms. The summed E-state index contributed by atoms with van der Waals surface area (Å²) in [5.41, 5.74) is 2.20. The lowest BCUT2D eigenvalue weighted by Gasteiger charge is -2.18. The zero-order chi connectivity index (χ0) is 19.2. The van der Waals surface area contributed by atoms with E-state index in [2.05, 4.69) is 15.5 Å². The number of urea groups is 1. The third-order valence-electron chi connectivity index (χ3n) is 4.37. The minimum absolute atomic E-state index is 0.0594. The van der Waals surface area contributed by atoms with Crippen molar-refractivity contribution >= 4 is 6.03 Å². The Morgan fingerprint density at radius 1 is 1.23 bits per heavy atom. The largest absolute Gasteiger partial charge is 0.401 e. The van der Waals surface area contributed by atoms with Gasteiger partial charge in [0.2, 0.25) is 0 Å². The van der Waals surface area contributed by atoms with Crippen LogP contribution in [0.5, 0.6) is 0 Å². The molecule has 0 unspecified atom stereocenters. The number of amides is 2. The van der Waals surface area contributed by atoms with Crippen molar-refractivity contribution in [1.29, 1.82) is 0 Å². The second kappa shape index (κ2) is 9.23. The van der Waals surface area contributed by atoms with Crippen molar-refractivity contribution in [2.45, 2.75) is 25.7 Å². The van der Waals surface area contributed by atoms with Crippen molar-refractivity contribution in [2.75, 3.05) is 40.3 Å². The molecule has 2 amide bonds. The van der Waals surface area contributed by atoms with E-state index < -0.39 is 12.7 Å². The van der Waals surface area contributed by atoms with Crippen LogP contribution in [0.3, 0.4) is 0 Å². The van der Waals surface area contributed by atoms with Gasteiger partial charge in [-0.15, -0.1) is 0 Å². The molecule has 1 aromatic carbocycles. The van der Waals surface area contributed by atoms with Crippen molar-refractivity contribution in [3.05, 3.63) is 35.4 Å². The third-order valence-corrected chi connectivity index (χ3v) is 4.37. The molecule has 5 nitrogen and oxygen atoms in total. The van der Waals surface area contributed by atoms with Crippen LogP contribution in [0.1, 0.15) is 17.5 Å². The molecule has 2 N–H and O–H groups in total. The summed E-state index contributed by atoms with van der Waals surface area (Å²) in [4.78, 5) is 15.4. The number of likely N-dealkylation sites (tertiary alicyclic amines) is 1. The summed E-state index contributed by atoms with van der Waals surface area (Å²) in [7, 11) is 3.97. The van der Waals surface area contributed by atoms with E-state index in [0.29, 0.717) is 32.6 Å². The fourth-order valence-corrected chi connectivity index (χ4v) is 3.18. The summed E-state index contributed by atoms with van der Waals surface area (Å²) in [6.07, 6.45) is -3.50. The number of carbonyl (C=O) groups excluding carboxylic acids is 1. The molecule has 0 saturated carbocycles. The molecule has 0 radical (unpaired) electrons. The van der Waals surface area contributed by atoms with Gasteiger partial charge in [0.25, 0.3) is 0 Å². The summed E-state index contributed by atoms with van der Waals surface area (Å²) in [5, 5.41) is 5.59. The minimum atomic E-state index is -4.17. The number of hydrogen-bond acceptors (Lipinski definition) is 3. The van der Waals surface area contributed by atoms with Gasteiger partial charge in [-0.3, -0.25) is 4.90 Å². The number of alkyl halides is 3. The van der Waals surface area contributed by atoms with Gasteiger partial charge in [0, 0.05) is 26.2 Å². The smallest absolute Gasteiger partial charge is 0.338 e. The first-order valence-corrected chi connectivity index (χ1v) is 8.75. The molecule has 1 atom stereocenters. The van der Waals surface area contributed by atoms with Crippen molar-refractivity contribution in [3.63, 3.8) is 0 Å². The van der Waals surface area contributed by atoms with Crippen LogP contribution in [-0.2, 0) is 13.1 Å². The summed E-state index contributed by atoms with van der Waals surface area (Å²) in [6, 6.07) is 7.61. The predicted octanol–water partition coefficient (Wildman–Crippen LogP) is 2.43. The van der Waals surface area contributed by atoms with Crippen LogP contribution in [0.25, 0.3) is 0 Å². The number of benzene rings is 1. The standard InChI is InChI=1S/C18H27F3N4O/c1-24(2)12-16-6-4-3-5-15(16)10-23-17(26)22-9-14-7-8-25(11-14)13-18(19,20)21/h3-6,14H,7-13H2,1-2H3,(H2,22,23,26)/t14-/m0/s1. The third kappa shape index (κ3) is 7.21. The van der Waals surface area contributed by atoms with Gasteiger partial charge >= 0.3 is 12.2 Å². The van der Waals surface area contributed by atoms with Crippen molar-refractivity contribution < 1.29 is 18.0 Å². The van der Waals surface area contributed by atoms with Gasteiger partial charge in [-0.05, 0) is 44.1 Å². The van der Waals surface area contributed by atoms with Crippen molar-refractivity contribution in [3.8, 4) is 0 Å². The van der Waals surface area contributed by atoms with E-state index >= 15 is 0 Å². The Balaban J connectivity index is 1.72. The topological polar surface area (TPSA) is 47.6 Å². The average molecular weight is 372 g/mol.